The minimum atomic E-state index is -1.37. The molecule has 6 atom stereocenters. The molecule has 310 valence electrons. The lowest BCUT2D eigenvalue weighted by Gasteiger charge is -2.59. The normalized spacial score (nSPS) is 23.6. The number of ether oxygens (including phenoxy) is 4. The summed E-state index contributed by atoms with van der Waals surface area (Å²) in [4.78, 5) is 21.2. The molecule has 10 nitrogen and oxygen atoms in total. The smallest absolute Gasteiger partial charge is 0.410 e. The summed E-state index contributed by atoms with van der Waals surface area (Å²) >= 11 is 0. The Morgan fingerprint density at radius 3 is 2.27 bits per heavy atom. The molecule has 0 saturated heterocycles. The van der Waals surface area contributed by atoms with Gasteiger partial charge in [-0.3, -0.25) is 0 Å². The number of benzene rings is 4. The van der Waals surface area contributed by atoms with E-state index in [0.29, 0.717) is 35.8 Å². The number of fused-ring (bicyclic) bond motifs is 2. The fourth-order valence-electron chi connectivity index (χ4n) is 9.33. The van der Waals surface area contributed by atoms with Crippen molar-refractivity contribution in [1.82, 2.24) is 4.90 Å². The number of oxime groups is 1. The van der Waals surface area contributed by atoms with Crippen molar-refractivity contribution < 1.29 is 38.8 Å². The number of allylic oxidation sites excluding steroid dienone is 1. The maximum atomic E-state index is 14.0. The number of hydrogen-bond acceptors (Lipinski definition) is 9. The van der Waals surface area contributed by atoms with Gasteiger partial charge in [0, 0.05) is 38.2 Å². The van der Waals surface area contributed by atoms with Crippen LogP contribution in [-0.4, -0.2) is 72.7 Å². The summed E-state index contributed by atoms with van der Waals surface area (Å²) in [5, 5.41) is 24.3. The molecule has 0 aromatic heterocycles. The Labute approximate surface area is 347 Å². The second-order valence-corrected chi connectivity index (χ2v) is 15.6. The number of hydrogen-bond donors (Lipinski definition) is 2. The van der Waals surface area contributed by atoms with Crippen molar-refractivity contribution in [2.75, 3.05) is 34.0 Å². The fraction of sp³-hybridized carbons (Fsp3) is 0.388. The molecule has 2 aliphatic carbocycles. The number of unbranched alkanes of at least 4 members (excludes halogenated alkanes) is 2. The van der Waals surface area contributed by atoms with E-state index >= 15 is 0 Å². The lowest BCUT2D eigenvalue weighted by molar-refractivity contribution is -0.253. The van der Waals surface area contributed by atoms with E-state index in [4.69, 9.17) is 23.8 Å². The Kier molecular flexibility index (Phi) is 13.8. The van der Waals surface area contributed by atoms with Crippen LogP contribution in [0.5, 0.6) is 17.2 Å². The van der Waals surface area contributed by atoms with Crippen LogP contribution in [0.25, 0.3) is 11.1 Å². The fourth-order valence-corrected chi connectivity index (χ4v) is 9.33. The second kappa shape index (κ2) is 19.6. The number of aliphatic hydroxyl groups excluding tert-OH is 2. The largest absolute Gasteiger partial charge is 0.459 e. The van der Waals surface area contributed by atoms with Crippen molar-refractivity contribution in [2.45, 2.75) is 69.3 Å². The first-order valence-corrected chi connectivity index (χ1v) is 20.8. The van der Waals surface area contributed by atoms with Crippen LogP contribution in [0.15, 0.2) is 133 Å². The summed E-state index contributed by atoms with van der Waals surface area (Å²) in [6.45, 7) is 4.50. The monoisotopic (exact) mass is 800 g/mol. The molecule has 4 aromatic rings. The molecule has 3 aliphatic rings. The minimum absolute atomic E-state index is 0.0849. The summed E-state index contributed by atoms with van der Waals surface area (Å²) in [7, 11) is 3.26. The average molecular weight is 801 g/mol. The van der Waals surface area contributed by atoms with Crippen LogP contribution in [0, 0.1) is 17.8 Å². The van der Waals surface area contributed by atoms with Gasteiger partial charge in [-0.15, -0.1) is 6.58 Å². The highest BCUT2D eigenvalue weighted by atomic mass is 16.7. The summed E-state index contributed by atoms with van der Waals surface area (Å²) < 4.78 is 26.6. The van der Waals surface area contributed by atoms with Crippen molar-refractivity contribution in [3.63, 3.8) is 0 Å². The van der Waals surface area contributed by atoms with E-state index in [1.165, 1.54) is 7.11 Å². The zero-order valence-electron chi connectivity index (χ0n) is 34.1. The van der Waals surface area contributed by atoms with Crippen LogP contribution in [-0.2, 0) is 20.9 Å². The third-order valence-corrected chi connectivity index (χ3v) is 12.0. The van der Waals surface area contributed by atoms with Crippen LogP contribution < -0.4 is 9.47 Å². The Morgan fingerprint density at radius 1 is 0.898 bits per heavy atom. The van der Waals surface area contributed by atoms with Gasteiger partial charge >= 0.3 is 6.09 Å². The van der Waals surface area contributed by atoms with Crippen LogP contribution in [0.3, 0.4) is 0 Å². The van der Waals surface area contributed by atoms with Gasteiger partial charge in [0.05, 0.1) is 18.2 Å². The Bertz CT molecular complexity index is 2070. The Hall–Kier alpha value is -5.42. The summed E-state index contributed by atoms with van der Waals surface area (Å²) in [6.07, 6.45) is 8.50. The van der Waals surface area contributed by atoms with Gasteiger partial charge < -0.3 is 38.9 Å². The van der Waals surface area contributed by atoms with Gasteiger partial charge in [0.25, 0.3) is 0 Å². The van der Waals surface area contributed by atoms with Gasteiger partial charge in [-0.05, 0) is 90.1 Å². The third-order valence-electron chi connectivity index (χ3n) is 12.0. The second-order valence-electron chi connectivity index (χ2n) is 15.6. The van der Waals surface area contributed by atoms with Crippen LogP contribution in [0.1, 0.15) is 62.0 Å². The molecule has 59 heavy (non-hydrogen) atoms. The van der Waals surface area contributed by atoms with Gasteiger partial charge in [0.1, 0.15) is 37.0 Å². The van der Waals surface area contributed by atoms with Crippen LogP contribution >= 0.6 is 0 Å². The molecular weight excluding hydrogens is 745 g/mol. The first-order valence-electron chi connectivity index (χ1n) is 20.8. The van der Waals surface area contributed by atoms with E-state index in [2.05, 4.69) is 48.1 Å². The van der Waals surface area contributed by atoms with Gasteiger partial charge in [-0.1, -0.05) is 103 Å². The predicted molar refractivity (Wildman–Crippen MR) is 228 cm³/mol. The molecule has 4 aromatic carbocycles. The molecule has 1 saturated carbocycles. The highest BCUT2D eigenvalue weighted by Gasteiger charge is 2.65. The van der Waals surface area contributed by atoms with Crippen molar-refractivity contribution in [3.05, 3.63) is 139 Å². The molecular formula is C49H56N2O8. The predicted octanol–water partition coefficient (Wildman–Crippen LogP) is 9.68. The van der Waals surface area contributed by atoms with Gasteiger partial charge in [-0.2, -0.15) is 0 Å². The number of carbonyl (C=O) groups excluding carboxylic acids is 1. The average Bonchev–Trinajstić information content (AvgIpc) is 3.27. The van der Waals surface area contributed by atoms with Crippen molar-refractivity contribution >= 4 is 11.8 Å². The molecule has 2 N–H and O–H groups in total. The lowest BCUT2D eigenvalue weighted by Crippen LogP contribution is -2.69. The van der Waals surface area contributed by atoms with Crippen LogP contribution in [0.2, 0.25) is 0 Å². The Morgan fingerprint density at radius 2 is 1.58 bits per heavy atom. The van der Waals surface area contributed by atoms with Crippen molar-refractivity contribution in [3.8, 4) is 28.4 Å². The SMILES string of the molecule is C=CCOC12Oc3ccc(Oc4ccc(-c5ccccc5)cc4)cc3C3C(CCCCO)C(CCCCO)C=C(C(=NOC)CC1N(C)C(=O)OCc1ccccc1)C32. The van der Waals surface area contributed by atoms with E-state index in [9.17, 15) is 15.0 Å². The number of carbonyl (C=O) groups is 1. The van der Waals surface area contributed by atoms with Gasteiger partial charge in [-0.25, -0.2) is 4.79 Å². The third kappa shape index (κ3) is 9.10. The van der Waals surface area contributed by atoms with Crippen LogP contribution in [0.4, 0.5) is 4.79 Å². The number of nitrogens with zero attached hydrogens (tertiary/aromatic N) is 2. The topological polar surface area (TPSA) is 119 Å². The summed E-state index contributed by atoms with van der Waals surface area (Å²) in [6, 6.07) is 33.2. The number of rotatable bonds is 18. The molecule has 7 rings (SSSR count). The maximum Gasteiger partial charge on any atom is 0.410 e. The zero-order chi connectivity index (χ0) is 41.2. The summed E-state index contributed by atoms with van der Waals surface area (Å²) in [5.41, 5.74) is 5.76. The first kappa shape index (κ1) is 41.7. The Balaban J connectivity index is 1.33. The molecule has 1 aliphatic heterocycles. The highest BCUT2D eigenvalue weighted by molar-refractivity contribution is 6.02. The first-order chi connectivity index (χ1) is 28.9. The maximum absolute atomic E-state index is 14.0. The molecule has 1 fully saturated rings. The van der Waals surface area contributed by atoms with Crippen molar-refractivity contribution in [2.24, 2.45) is 22.9 Å². The quantitative estimate of drug-likeness (QED) is 0.0580. The van der Waals surface area contributed by atoms with Gasteiger partial charge in [0.15, 0.2) is 0 Å². The molecule has 10 heteroatoms. The molecule has 0 bridgehead atoms. The highest BCUT2D eigenvalue weighted by Crippen LogP contribution is 2.62. The lowest BCUT2D eigenvalue weighted by atomic mass is 9.55. The zero-order valence-corrected chi connectivity index (χ0v) is 34.1. The summed E-state index contributed by atoms with van der Waals surface area (Å²) in [5.74, 6) is 0.242. The molecule has 0 spiro atoms. The van der Waals surface area contributed by atoms with E-state index in [0.717, 1.165) is 53.5 Å². The van der Waals surface area contributed by atoms with E-state index in [1.54, 1.807) is 18.0 Å². The van der Waals surface area contributed by atoms with Crippen molar-refractivity contribution in [1.29, 1.82) is 0 Å². The molecule has 0 radical (unpaired) electrons. The molecule has 1 heterocycles. The number of amides is 1. The van der Waals surface area contributed by atoms with E-state index < -0.39 is 23.8 Å². The van der Waals surface area contributed by atoms with Gasteiger partial charge in [0.2, 0.25) is 5.79 Å². The van der Waals surface area contributed by atoms with E-state index in [1.807, 2.05) is 72.8 Å². The molecule has 6 unspecified atom stereocenters. The number of likely N-dealkylation sites (N-methyl/N-ethyl adjacent to an activating group) is 1. The standard InChI is InChI=1S/C49H56N2O8/c1-4-29-57-49-45(51(2)48(54)56-33-34-15-7-5-8-16-34)32-43(50-55-3)41-30-37(19-11-13-27-52)40(20-12-14-28-53)46(47(41)49)42-31-39(25-26-44(42)59-49)58-38-23-21-36(22-24-38)35-17-9-6-10-18-35/h4-10,15-18,21-26,30-31,37,40,45-47,52-53H,1,11-14,19-20,27-29,32-33H2,2-3H3. The minimum Gasteiger partial charge on any atom is -0.459 e. The number of aliphatic hydroxyl groups is 2. The van der Waals surface area contributed by atoms with E-state index in [-0.39, 0.29) is 50.6 Å². The molecule has 1 amide bonds.